The number of hydrogen-bond donors (Lipinski definition) is 1. The standard InChI is InChI=1S/C18H21N/c1-4-15(14-10-6-5-7-11-14)16-12-8-9-13-17(16)18(2,3)19/h4-13,15H,1,19H2,2-3H3. The van der Waals surface area contributed by atoms with E-state index in [4.69, 9.17) is 5.73 Å². The number of hydrogen-bond acceptors (Lipinski definition) is 1. The molecule has 0 aliphatic carbocycles. The van der Waals surface area contributed by atoms with E-state index >= 15 is 0 Å². The van der Waals surface area contributed by atoms with Crippen molar-refractivity contribution in [2.75, 3.05) is 0 Å². The van der Waals surface area contributed by atoms with Gasteiger partial charge in [-0.3, -0.25) is 0 Å². The minimum absolute atomic E-state index is 0.181. The summed E-state index contributed by atoms with van der Waals surface area (Å²) in [6.45, 7) is 8.07. The highest BCUT2D eigenvalue weighted by Gasteiger charge is 2.22. The Morgan fingerprint density at radius 1 is 1.00 bits per heavy atom. The highest BCUT2D eigenvalue weighted by atomic mass is 14.7. The van der Waals surface area contributed by atoms with E-state index in [1.165, 1.54) is 16.7 Å². The second kappa shape index (κ2) is 5.41. The molecule has 19 heavy (non-hydrogen) atoms. The van der Waals surface area contributed by atoms with Gasteiger partial charge in [0.1, 0.15) is 0 Å². The Balaban J connectivity index is 2.54. The Morgan fingerprint density at radius 3 is 2.16 bits per heavy atom. The normalized spacial score (nSPS) is 13.0. The van der Waals surface area contributed by atoms with Gasteiger partial charge in [-0.05, 0) is 30.5 Å². The molecule has 0 aliphatic rings. The molecule has 1 atom stereocenters. The van der Waals surface area contributed by atoms with Gasteiger partial charge < -0.3 is 5.73 Å². The Morgan fingerprint density at radius 2 is 1.58 bits per heavy atom. The second-order valence-electron chi connectivity index (χ2n) is 5.43. The molecule has 0 heterocycles. The van der Waals surface area contributed by atoms with E-state index in [9.17, 15) is 0 Å². The first-order valence-corrected chi connectivity index (χ1v) is 6.60. The Kier molecular flexibility index (Phi) is 3.87. The van der Waals surface area contributed by atoms with E-state index in [-0.39, 0.29) is 11.5 Å². The SMILES string of the molecule is C=CC(c1ccccc1)c1ccccc1C(C)(C)N. The molecule has 2 aromatic carbocycles. The van der Waals surface area contributed by atoms with E-state index in [2.05, 4.69) is 49.0 Å². The van der Waals surface area contributed by atoms with Gasteiger partial charge in [0, 0.05) is 11.5 Å². The fourth-order valence-electron chi connectivity index (χ4n) is 2.46. The zero-order valence-corrected chi connectivity index (χ0v) is 11.6. The van der Waals surface area contributed by atoms with E-state index in [0.717, 1.165) is 0 Å². The van der Waals surface area contributed by atoms with Crippen molar-refractivity contribution in [1.29, 1.82) is 0 Å². The number of benzene rings is 2. The van der Waals surface area contributed by atoms with Gasteiger partial charge in [0.25, 0.3) is 0 Å². The smallest absolute Gasteiger partial charge is 0.0355 e. The van der Waals surface area contributed by atoms with Crippen LogP contribution in [0.25, 0.3) is 0 Å². The second-order valence-corrected chi connectivity index (χ2v) is 5.43. The number of nitrogens with two attached hydrogens (primary N) is 1. The molecule has 1 heteroatoms. The van der Waals surface area contributed by atoms with Crippen LogP contribution in [0.3, 0.4) is 0 Å². The molecule has 0 aliphatic heterocycles. The van der Waals surface area contributed by atoms with Gasteiger partial charge in [-0.1, -0.05) is 60.7 Å². The minimum Gasteiger partial charge on any atom is -0.322 e. The minimum atomic E-state index is -0.355. The van der Waals surface area contributed by atoms with Crippen molar-refractivity contribution in [3.8, 4) is 0 Å². The molecule has 1 unspecified atom stereocenters. The van der Waals surface area contributed by atoms with Crippen molar-refractivity contribution in [3.63, 3.8) is 0 Å². The van der Waals surface area contributed by atoms with Gasteiger partial charge in [-0.2, -0.15) is 0 Å². The fourth-order valence-corrected chi connectivity index (χ4v) is 2.46. The van der Waals surface area contributed by atoms with Crippen LogP contribution in [0.4, 0.5) is 0 Å². The summed E-state index contributed by atoms with van der Waals surface area (Å²) in [6.07, 6.45) is 1.99. The molecule has 2 aromatic rings. The maximum absolute atomic E-state index is 6.29. The van der Waals surface area contributed by atoms with Gasteiger partial charge >= 0.3 is 0 Å². The maximum atomic E-state index is 6.29. The first-order valence-electron chi connectivity index (χ1n) is 6.60. The van der Waals surface area contributed by atoms with Gasteiger partial charge in [-0.15, -0.1) is 6.58 Å². The lowest BCUT2D eigenvalue weighted by atomic mass is 9.82. The molecule has 1 nitrogen and oxygen atoms in total. The lowest BCUT2D eigenvalue weighted by Crippen LogP contribution is -2.30. The van der Waals surface area contributed by atoms with Crippen molar-refractivity contribution < 1.29 is 0 Å². The largest absolute Gasteiger partial charge is 0.322 e. The Bertz CT molecular complexity index is 549. The molecule has 2 N–H and O–H groups in total. The van der Waals surface area contributed by atoms with Crippen molar-refractivity contribution in [1.82, 2.24) is 0 Å². The lowest BCUT2D eigenvalue weighted by Gasteiger charge is -2.26. The van der Waals surface area contributed by atoms with Crippen LogP contribution >= 0.6 is 0 Å². The number of rotatable bonds is 4. The zero-order valence-electron chi connectivity index (χ0n) is 11.6. The molecule has 0 saturated heterocycles. The van der Waals surface area contributed by atoms with Gasteiger partial charge in [0.05, 0.1) is 0 Å². The van der Waals surface area contributed by atoms with Crippen LogP contribution in [-0.2, 0) is 5.54 Å². The van der Waals surface area contributed by atoms with Crippen LogP contribution in [0.15, 0.2) is 67.3 Å². The molecule has 0 saturated carbocycles. The maximum Gasteiger partial charge on any atom is 0.0355 e. The molecular formula is C18H21N. The molecule has 2 rings (SSSR count). The quantitative estimate of drug-likeness (QED) is 0.810. The van der Waals surface area contributed by atoms with Gasteiger partial charge in [0.15, 0.2) is 0 Å². The van der Waals surface area contributed by atoms with Gasteiger partial charge in [0.2, 0.25) is 0 Å². The summed E-state index contributed by atoms with van der Waals surface area (Å²) in [6, 6.07) is 18.8. The molecule has 0 spiro atoms. The summed E-state index contributed by atoms with van der Waals surface area (Å²) >= 11 is 0. The van der Waals surface area contributed by atoms with Crippen molar-refractivity contribution in [3.05, 3.63) is 83.9 Å². The number of allylic oxidation sites excluding steroid dienone is 1. The molecule has 0 bridgehead atoms. The third-order valence-corrected chi connectivity index (χ3v) is 3.38. The molecule has 0 fully saturated rings. The fraction of sp³-hybridized carbons (Fsp3) is 0.222. The van der Waals surface area contributed by atoms with Crippen LogP contribution in [-0.4, -0.2) is 0 Å². The third-order valence-electron chi connectivity index (χ3n) is 3.38. The monoisotopic (exact) mass is 251 g/mol. The molecule has 0 amide bonds. The first kappa shape index (κ1) is 13.6. The van der Waals surface area contributed by atoms with E-state index in [1.807, 2.05) is 32.1 Å². The van der Waals surface area contributed by atoms with Crippen molar-refractivity contribution in [2.24, 2.45) is 5.73 Å². The summed E-state index contributed by atoms with van der Waals surface area (Å²) in [5.41, 5.74) is 9.59. The summed E-state index contributed by atoms with van der Waals surface area (Å²) in [5.74, 6) is 0.181. The van der Waals surface area contributed by atoms with E-state index < -0.39 is 0 Å². The highest BCUT2D eigenvalue weighted by molar-refractivity contribution is 5.43. The Labute approximate surface area is 115 Å². The van der Waals surface area contributed by atoms with Gasteiger partial charge in [-0.25, -0.2) is 0 Å². The summed E-state index contributed by atoms with van der Waals surface area (Å²) in [7, 11) is 0. The zero-order chi connectivity index (χ0) is 13.9. The molecule has 98 valence electrons. The van der Waals surface area contributed by atoms with Crippen molar-refractivity contribution >= 4 is 0 Å². The average molecular weight is 251 g/mol. The predicted molar refractivity (Wildman–Crippen MR) is 82.1 cm³/mol. The van der Waals surface area contributed by atoms with Crippen LogP contribution in [0.2, 0.25) is 0 Å². The molecule has 0 radical (unpaired) electrons. The first-order chi connectivity index (χ1) is 9.04. The summed E-state index contributed by atoms with van der Waals surface area (Å²) in [4.78, 5) is 0. The lowest BCUT2D eigenvalue weighted by molar-refractivity contribution is 0.547. The summed E-state index contributed by atoms with van der Waals surface area (Å²) < 4.78 is 0. The van der Waals surface area contributed by atoms with E-state index in [1.54, 1.807) is 0 Å². The van der Waals surface area contributed by atoms with Crippen LogP contribution < -0.4 is 5.73 Å². The average Bonchev–Trinajstić information content (AvgIpc) is 2.40. The van der Waals surface area contributed by atoms with Crippen LogP contribution in [0, 0.1) is 0 Å². The Hall–Kier alpha value is -1.86. The third kappa shape index (κ3) is 2.94. The summed E-state index contributed by atoms with van der Waals surface area (Å²) in [5, 5.41) is 0. The highest BCUT2D eigenvalue weighted by Crippen LogP contribution is 2.32. The van der Waals surface area contributed by atoms with E-state index in [0.29, 0.717) is 0 Å². The predicted octanol–water partition coefficient (Wildman–Crippen LogP) is 4.20. The van der Waals surface area contributed by atoms with Crippen LogP contribution in [0.1, 0.15) is 36.5 Å². The molecular weight excluding hydrogens is 230 g/mol. The molecule has 0 aromatic heterocycles. The van der Waals surface area contributed by atoms with Crippen molar-refractivity contribution in [2.45, 2.75) is 25.3 Å². The van der Waals surface area contributed by atoms with Crippen LogP contribution in [0.5, 0.6) is 0 Å². The topological polar surface area (TPSA) is 26.0 Å².